The van der Waals surface area contributed by atoms with Gasteiger partial charge in [-0.15, -0.1) is 0 Å². The second-order valence-electron chi connectivity index (χ2n) is 10.1. The molecule has 0 spiro atoms. The maximum atomic E-state index is 13.5. The Hall–Kier alpha value is -3.29. The zero-order valence-electron chi connectivity index (χ0n) is 23.1. The summed E-state index contributed by atoms with van der Waals surface area (Å²) in [5.74, 6) is -1.84. The topological polar surface area (TPSA) is 161 Å². The second kappa shape index (κ2) is 16.2. The van der Waals surface area contributed by atoms with Gasteiger partial charge in [-0.2, -0.15) is 0 Å². The van der Waals surface area contributed by atoms with Crippen molar-refractivity contribution in [1.82, 2.24) is 26.1 Å². The van der Waals surface area contributed by atoms with E-state index in [1.54, 1.807) is 53.8 Å². The maximum Gasteiger partial charge on any atom is 0.322 e. The largest absolute Gasteiger partial charge is 0.508 e. The Morgan fingerprint density at radius 2 is 1.95 bits per heavy atom. The number of pyridine rings is 1. The quantitative estimate of drug-likeness (QED) is 0.160. The number of aromatic hydroxyl groups is 1. The fourth-order valence-corrected chi connectivity index (χ4v) is 6.23. The summed E-state index contributed by atoms with van der Waals surface area (Å²) in [6.07, 6.45) is 3.53. The third kappa shape index (κ3) is 10.6. The van der Waals surface area contributed by atoms with Gasteiger partial charge in [0.2, 0.25) is 11.8 Å². The molecule has 1 aliphatic rings. The monoisotopic (exact) mass is 603 g/mol. The van der Waals surface area contributed by atoms with Crippen molar-refractivity contribution in [3.8, 4) is 5.75 Å². The molecule has 2 heterocycles. The van der Waals surface area contributed by atoms with Crippen LogP contribution in [0.15, 0.2) is 53.7 Å². The van der Waals surface area contributed by atoms with Gasteiger partial charge in [0.05, 0.1) is 0 Å². The summed E-state index contributed by atoms with van der Waals surface area (Å²) in [7, 11) is 3.14. The average molecular weight is 604 g/mol. The van der Waals surface area contributed by atoms with Crippen LogP contribution in [0.25, 0.3) is 0 Å². The van der Waals surface area contributed by atoms with Crippen LogP contribution in [0.3, 0.4) is 0 Å². The molecule has 1 aromatic carbocycles. The van der Waals surface area contributed by atoms with Crippen LogP contribution in [-0.2, 0) is 25.6 Å². The molecule has 1 aliphatic heterocycles. The number of carbonyl (C=O) groups excluding carboxylic acids is 3. The van der Waals surface area contributed by atoms with Crippen molar-refractivity contribution in [1.29, 1.82) is 0 Å². The Kier molecular flexibility index (Phi) is 12.8. The van der Waals surface area contributed by atoms with E-state index in [0.717, 1.165) is 10.8 Å². The third-order valence-corrected chi connectivity index (χ3v) is 8.75. The number of hydrogen-bond acceptors (Lipinski definition) is 9. The van der Waals surface area contributed by atoms with Crippen LogP contribution in [0, 0.1) is 5.92 Å². The van der Waals surface area contributed by atoms with E-state index in [2.05, 4.69) is 21.0 Å². The number of benzene rings is 1. The average Bonchev–Trinajstić information content (AvgIpc) is 2.95. The molecule has 41 heavy (non-hydrogen) atoms. The van der Waals surface area contributed by atoms with Crippen molar-refractivity contribution in [2.24, 2.45) is 5.92 Å². The van der Waals surface area contributed by atoms with Crippen LogP contribution in [-0.4, -0.2) is 74.3 Å². The minimum Gasteiger partial charge on any atom is -0.508 e. The summed E-state index contributed by atoms with van der Waals surface area (Å²) >= 11 is 0. The van der Waals surface area contributed by atoms with Crippen LogP contribution in [0.2, 0.25) is 0 Å². The Labute approximate surface area is 247 Å². The number of carbonyl (C=O) groups is 4. The van der Waals surface area contributed by atoms with Gasteiger partial charge >= 0.3 is 5.97 Å². The molecule has 3 rings (SSSR count). The minimum atomic E-state index is -1.06. The number of aliphatic carboxylic acids is 1. The van der Waals surface area contributed by atoms with E-state index in [4.69, 9.17) is 0 Å². The molecular formula is C28H37N5O6S2. The molecule has 1 unspecified atom stereocenters. The van der Waals surface area contributed by atoms with Gasteiger partial charge in [0.1, 0.15) is 28.9 Å². The van der Waals surface area contributed by atoms with Crippen LogP contribution in [0.1, 0.15) is 45.1 Å². The molecule has 1 fully saturated rings. The highest BCUT2D eigenvalue weighted by atomic mass is 33.1. The zero-order valence-corrected chi connectivity index (χ0v) is 24.7. The van der Waals surface area contributed by atoms with Gasteiger partial charge in [-0.3, -0.25) is 24.2 Å². The first-order valence-corrected chi connectivity index (χ1v) is 15.8. The molecule has 13 heteroatoms. The number of carboxylic acids is 1. The Morgan fingerprint density at radius 1 is 1.15 bits per heavy atom. The number of amides is 3. The molecule has 3 atom stereocenters. The number of hydrazine groups is 1. The van der Waals surface area contributed by atoms with Gasteiger partial charge in [0, 0.05) is 31.3 Å². The molecule has 3 amide bonds. The predicted octanol–water partition coefficient (Wildman–Crippen LogP) is 2.76. The van der Waals surface area contributed by atoms with E-state index in [1.165, 1.54) is 17.1 Å². The number of aromatic nitrogens is 1. The summed E-state index contributed by atoms with van der Waals surface area (Å²) in [4.78, 5) is 55.4. The highest BCUT2D eigenvalue weighted by molar-refractivity contribution is 8.76. The van der Waals surface area contributed by atoms with Gasteiger partial charge in [-0.1, -0.05) is 42.8 Å². The second-order valence-corrected chi connectivity index (χ2v) is 12.5. The Morgan fingerprint density at radius 3 is 2.63 bits per heavy atom. The number of rotatable bonds is 14. The van der Waals surface area contributed by atoms with Crippen LogP contribution < -0.4 is 16.1 Å². The molecule has 0 saturated carbocycles. The highest BCUT2D eigenvalue weighted by Crippen LogP contribution is 2.29. The zero-order chi connectivity index (χ0) is 29.8. The first kappa shape index (κ1) is 32.2. The SMILES string of the molecule is CC(C)[C@H](NC(=O)CCCSSc1ccccn1)C(=O)N[C@@H](Cc1cccc(O)c1)C(=O)N1CCCC(C(=O)O)N1. The summed E-state index contributed by atoms with van der Waals surface area (Å²) in [5.41, 5.74) is 3.35. The summed E-state index contributed by atoms with van der Waals surface area (Å²) in [5, 5.41) is 27.0. The fourth-order valence-electron chi connectivity index (χ4n) is 4.26. The van der Waals surface area contributed by atoms with Crippen molar-refractivity contribution in [3.63, 3.8) is 0 Å². The lowest BCUT2D eigenvalue weighted by atomic mass is 10.00. The predicted molar refractivity (Wildman–Crippen MR) is 158 cm³/mol. The summed E-state index contributed by atoms with van der Waals surface area (Å²) in [6.45, 7) is 3.90. The van der Waals surface area contributed by atoms with Gasteiger partial charge in [-0.25, -0.2) is 10.4 Å². The maximum absolute atomic E-state index is 13.5. The molecule has 0 bridgehead atoms. The normalized spacial score (nSPS) is 16.6. The number of nitrogens with zero attached hydrogens (tertiary/aromatic N) is 2. The van der Waals surface area contributed by atoms with E-state index in [1.807, 2.05) is 18.2 Å². The lowest BCUT2D eigenvalue weighted by Gasteiger charge is -2.35. The number of phenols is 1. The highest BCUT2D eigenvalue weighted by Gasteiger charge is 2.34. The fraction of sp³-hybridized carbons (Fsp3) is 0.464. The van der Waals surface area contributed by atoms with Gasteiger partial charge in [0.15, 0.2) is 0 Å². The third-order valence-electron chi connectivity index (χ3n) is 6.39. The van der Waals surface area contributed by atoms with Crippen molar-refractivity contribution < 1.29 is 29.4 Å². The molecule has 11 nitrogen and oxygen atoms in total. The van der Waals surface area contributed by atoms with E-state index in [-0.39, 0.29) is 37.0 Å². The van der Waals surface area contributed by atoms with Crippen LogP contribution in [0.4, 0.5) is 0 Å². The van der Waals surface area contributed by atoms with E-state index >= 15 is 0 Å². The molecule has 222 valence electrons. The van der Waals surface area contributed by atoms with Crippen molar-refractivity contribution in [3.05, 3.63) is 54.2 Å². The molecule has 1 saturated heterocycles. The standard InChI is InChI=1S/C28H37N5O6S2/c1-18(2)25(31-23(35)11-7-15-40-41-24-12-3-4-13-29-24)26(36)30-22(17-19-8-5-9-20(34)16-19)27(37)33-14-6-10-21(32-33)28(38)39/h3-5,8-9,12-13,16,18,21-22,25,32,34H,6-7,10-11,14-15,17H2,1-2H3,(H,30,36)(H,31,35)(H,38,39)/t21?,22-,25-/m0/s1. The van der Waals surface area contributed by atoms with Crippen LogP contribution >= 0.6 is 21.6 Å². The molecule has 2 aromatic rings. The molecular weight excluding hydrogens is 566 g/mol. The number of carboxylic acid groups (broad SMARTS) is 1. The molecule has 0 aliphatic carbocycles. The van der Waals surface area contributed by atoms with Crippen molar-refractivity contribution in [2.45, 2.75) is 69.1 Å². The van der Waals surface area contributed by atoms with Gasteiger partial charge < -0.3 is 20.8 Å². The van der Waals surface area contributed by atoms with E-state index in [0.29, 0.717) is 24.8 Å². The lowest BCUT2D eigenvalue weighted by Crippen LogP contribution is -2.61. The smallest absolute Gasteiger partial charge is 0.322 e. The minimum absolute atomic E-state index is 0.0194. The Bertz CT molecular complexity index is 1190. The number of phenolic OH excluding ortho intramolecular Hbond substituents is 1. The molecule has 0 radical (unpaired) electrons. The number of hydrogen-bond donors (Lipinski definition) is 5. The first-order valence-electron chi connectivity index (χ1n) is 13.5. The van der Waals surface area contributed by atoms with Gasteiger partial charge in [0.25, 0.3) is 5.91 Å². The van der Waals surface area contributed by atoms with E-state index in [9.17, 15) is 29.4 Å². The molecule has 5 N–H and O–H groups in total. The first-order chi connectivity index (χ1) is 19.6. The lowest BCUT2D eigenvalue weighted by molar-refractivity contribution is -0.148. The molecule has 1 aromatic heterocycles. The summed E-state index contributed by atoms with van der Waals surface area (Å²) < 4.78 is 0. The van der Waals surface area contributed by atoms with Crippen molar-refractivity contribution in [2.75, 3.05) is 12.3 Å². The van der Waals surface area contributed by atoms with Crippen LogP contribution in [0.5, 0.6) is 5.75 Å². The number of nitrogens with one attached hydrogen (secondary N) is 3. The van der Waals surface area contributed by atoms with Crippen molar-refractivity contribution >= 4 is 45.3 Å². The van der Waals surface area contributed by atoms with Gasteiger partial charge in [-0.05, 0) is 65.8 Å². The summed E-state index contributed by atoms with van der Waals surface area (Å²) in [6, 6.07) is 9.21. The Balaban J connectivity index is 1.61. The van der Waals surface area contributed by atoms with E-state index < -0.39 is 35.9 Å².